The first-order chi connectivity index (χ1) is 15.7. The fraction of sp³-hybridized carbons (Fsp3) is 0.435. The lowest BCUT2D eigenvalue weighted by Crippen LogP contribution is -2.52. The lowest BCUT2D eigenvalue weighted by atomic mass is 10.1. The van der Waals surface area contributed by atoms with Crippen LogP contribution >= 0.6 is 0 Å². The number of ether oxygens (including phenoxy) is 2. The standard InChI is InChI=1S/C23H28N6O3/c1-3-32-21-17-8-9-24-20(17)26-23(27-21)25-18-7-6-15(13-19(18)31-2)22(30)29-12-11-28-10-4-5-16(28)14-29/h6-9,13,16H,3-5,10-12,14H2,1-2H3,(H2,24,25,26,27). The van der Waals surface area contributed by atoms with Crippen LogP contribution in [0.5, 0.6) is 11.6 Å². The minimum absolute atomic E-state index is 0.0455. The highest BCUT2D eigenvalue weighted by atomic mass is 16.5. The summed E-state index contributed by atoms with van der Waals surface area (Å²) in [4.78, 5) is 29.7. The molecular weight excluding hydrogens is 408 g/mol. The summed E-state index contributed by atoms with van der Waals surface area (Å²) in [6.45, 7) is 6.09. The Hall–Kier alpha value is -3.33. The zero-order valence-corrected chi connectivity index (χ0v) is 18.4. The molecule has 2 fully saturated rings. The van der Waals surface area contributed by atoms with Gasteiger partial charge in [-0.2, -0.15) is 9.97 Å². The Balaban J connectivity index is 1.37. The minimum Gasteiger partial charge on any atom is -0.495 e. The third-order valence-corrected chi connectivity index (χ3v) is 6.23. The van der Waals surface area contributed by atoms with Crippen molar-refractivity contribution in [1.29, 1.82) is 0 Å². The summed E-state index contributed by atoms with van der Waals surface area (Å²) in [7, 11) is 1.59. The number of amides is 1. The predicted octanol–water partition coefficient (Wildman–Crippen LogP) is 3.03. The van der Waals surface area contributed by atoms with Gasteiger partial charge in [-0.1, -0.05) is 0 Å². The van der Waals surface area contributed by atoms with Crippen molar-refractivity contribution < 1.29 is 14.3 Å². The zero-order valence-electron chi connectivity index (χ0n) is 18.4. The second-order valence-corrected chi connectivity index (χ2v) is 8.15. The van der Waals surface area contributed by atoms with Crippen molar-refractivity contribution in [1.82, 2.24) is 24.8 Å². The largest absolute Gasteiger partial charge is 0.495 e. The number of rotatable bonds is 6. The molecule has 2 N–H and O–H groups in total. The molecule has 1 unspecified atom stereocenters. The van der Waals surface area contributed by atoms with Gasteiger partial charge < -0.3 is 24.7 Å². The third kappa shape index (κ3) is 3.84. The van der Waals surface area contributed by atoms with Gasteiger partial charge in [0, 0.05) is 37.4 Å². The Labute approximate surface area is 186 Å². The Morgan fingerprint density at radius 1 is 1.25 bits per heavy atom. The smallest absolute Gasteiger partial charge is 0.254 e. The van der Waals surface area contributed by atoms with Gasteiger partial charge in [0.1, 0.15) is 11.4 Å². The van der Waals surface area contributed by atoms with E-state index in [2.05, 4.69) is 25.2 Å². The monoisotopic (exact) mass is 436 g/mol. The van der Waals surface area contributed by atoms with Crippen LogP contribution in [-0.4, -0.2) is 76.6 Å². The molecule has 2 aliphatic heterocycles. The molecule has 2 saturated heterocycles. The number of hydrogen-bond donors (Lipinski definition) is 2. The first-order valence-electron chi connectivity index (χ1n) is 11.1. The number of nitrogens with zero attached hydrogens (tertiary/aromatic N) is 4. The molecule has 0 radical (unpaired) electrons. The van der Waals surface area contributed by atoms with E-state index in [1.807, 2.05) is 30.0 Å². The number of nitrogens with one attached hydrogen (secondary N) is 2. The van der Waals surface area contributed by atoms with Crippen LogP contribution < -0.4 is 14.8 Å². The van der Waals surface area contributed by atoms with Gasteiger partial charge in [0.2, 0.25) is 11.8 Å². The molecule has 0 spiro atoms. The van der Waals surface area contributed by atoms with Crippen molar-refractivity contribution in [2.45, 2.75) is 25.8 Å². The van der Waals surface area contributed by atoms with Crippen LogP contribution in [0.3, 0.4) is 0 Å². The number of carbonyl (C=O) groups is 1. The molecule has 5 rings (SSSR count). The average Bonchev–Trinajstić information content (AvgIpc) is 3.48. The molecule has 32 heavy (non-hydrogen) atoms. The summed E-state index contributed by atoms with van der Waals surface area (Å²) < 4.78 is 11.2. The van der Waals surface area contributed by atoms with Crippen molar-refractivity contribution in [2.24, 2.45) is 0 Å². The highest BCUT2D eigenvalue weighted by Crippen LogP contribution is 2.31. The molecule has 1 aromatic carbocycles. The van der Waals surface area contributed by atoms with E-state index in [0.717, 1.165) is 31.6 Å². The Bertz CT molecular complexity index is 1130. The normalized spacial score (nSPS) is 18.6. The Morgan fingerprint density at radius 3 is 3.00 bits per heavy atom. The van der Waals surface area contributed by atoms with E-state index in [-0.39, 0.29) is 5.91 Å². The van der Waals surface area contributed by atoms with E-state index in [9.17, 15) is 4.79 Å². The predicted molar refractivity (Wildman–Crippen MR) is 122 cm³/mol. The molecule has 0 aliphatic carbocycles. The lowest BCUT2D eigenvalue weighted by Gasteiger charge is -2.37. The third-order valence-electron chi connectivity index (χ3n) is 6.23. The highest BCUT2D eigenvalue weighted by Gasteiger charge is 2.33. The summed E-state index contributed by atoms with van der Waals surface area (Å²) in [5.41, 5.74) is 1.98. The van der Waals surface area contributed by atoms with Crippen LogP contribution in [0.1, 0.15) is 30.1 Å². The molecule has 9 heteroatoms. The SMILES string of the molecule is CCOc1nc(Nc2ccc(C(=O)N3CCN4CCCC4C3)cc2OC)nc2[nH]ccc12. The number of carbonyl (C=O) groups excluding carboxylic acids is 1. The van der Waals surface area contributed by atoms with Crippen LogP contribution in [0.2, 0.25) is 0 Å². The number of anilines is 2. The highest BCUT2D eigenvalue weighted by molar-refractivity contribution is 5.95. The van der Waals surface area contributed by atoms with Crippen LogP contribution in [0.4, 0.5) is 11.6 Å². The average molecular weight is 437 g/mol. The first kappa shape index (κ1) is 20.6. The van der Waals surface area contributed by atoms with Crippen molar-refractivity contribution in [2.75, 3.05) is 45.2 Å². The van der Waals surface area contributed by atoms with Crippen molar-refractivity contribution >= 4 is 28.6 Å². The van der Waals surface area contributed by atoms with Crippen LogP contribution in [0.15, 0.2) is 30.5 Å². The maximum absolute atomic E-state index is 13.1. The van der Waals surface area contributed by atoms with Gasteiger partial charge in [0.05, 0.1) is 24.8 Å². The van der Waals surface area contributed by atoms with Gasteiger partial charge in [-0.05, 0) is 50.6 Å². The number of fused-ring (bicyclic) bond motifs is 2. The van der Waals surface area contributed by atoms with Crippen LogP contribution in [-0.2, 0) is 0 Å². The molecule has 4 heterocycles. The van der Waals surface area contributed by atoms with E-state index in [0.29, 0.717) is 47.1 Å². The van der Waals surface area contributed by atoms with Gasteiger partial charge >= 0.3 is 0 Å². The second kappa shape index (κ2) is 8.66. The number of aromatic nitrogens is 3. The minimum atomic E-state index is 0.0455. The second-order valence-electron chi connectivity index (χ2n) is 8.15. The summed E-state index contributed by atoms with van der Waals surface area (Å²) in [6, 6.07) is 7.82. The summed E-state index contributed by atoms with van der Waals surface area (Å²) >= 11 is 0. The number of piperazine rings is 1. The molecule has 9 nitrogen and oxygen atoms in total. The van der Waals surface area contributed by atoms with E-state index in [1.54, 1.807) is 19.4 Å². The molecular formula is C23H28N6O3. The van der Waals surface area contributed by atoms with Crippen LogP contribution in [0.25, 0.3) is 11.0 Å². The summed E-state index contributed by atoms with van der Waals surface area (Å²) in [5, 5.41) is 4.03. The summed E-state index contributed by atoms with van der Waals surface area (Å²) in [6.07, 6.45) is 4.20. The number of methoxy groups -OCH3 is 1. The van der Waals surface area contributed by atoms with Crippen molar-refractivity contribution in [3.8, 4) is 11.6 Å². The van der Waals surface area contributed by atoms with Gasteiger partial charge in [0.25, 0.3) is 5.91 Å². The number of benzene rings is 1. The molecule has 0 bridgehead atoms. The van der Waals surface area contributed by atoms with Crippen LogP contribution in [0, 0.1) is 0 Å². The first-order valence-corrected chi connectivity index (χ1v) is 11.1. The number of aromatic amines is 1. The topological polar surface area (TPSA) is 95.6 Å². The zero-order chi connectivity index (χ0) is 22.1. The van der Waals surface area contributed by atoms with E-state index >= 15 is 0 Å². The van der Waals surface area contributed by atoms with Gasteiger partial charge in [-0.3, -0.25) is 9.69 Å². The fourth-order valence-corrected chi connectivity index (χ4v) is 4.62. The van der Waals surface area contributed by atoms with E-state index in [1.165, 1.54) is 12.8 Å². The maximum Gasteiger partial charge on any atom is 0.254 e. The molecule has 0 saturated carbocycles. The molecule has 168 valence electrons. The summed E-state index contributed by atoms with van der Waals surface area (Å²) in [5.74, 6) is 1.50. The molecule has 1 amide bonds. The van der Waals surface area contributed by atoms with Gasteiger partial charge in [-0.25, -0.2) is 0 Å². The Morgan fingerprint density at radius 2 is 2.16 bits per heavy atom. The van der Waals surface area contributed by atoms with E-state index in [4.69, 9.17) is 9.47 Å². The lowest BCUT2D eigenvalue weighted by molar-refractivity contribution is 0.0571. The quantitative estimate of drug-likeness (QED) is 0.613. The molecule has 1 atom stereocenters. The van der Waals surface area contributed by atoms with Crippen molar-refractivity contribution in [3.63, 3.8) is 0 Å². The van der Waals surface area contributed by atoms with Crippen molar-refractivity contribution in [3.05, 3.63) is 36.0 Å². The number of hydrogen-bond acceptors (Lipinski definition) is 7. The van der Waals surface area contributed by atoms with E-state index < -0.39 is 0 Å². The molecule has 3 aromatic rings. The molecule has 2 aromatic heterocycles. The van der Waals surface area contributed by atoms with Gasteiger partial charge in [-0.15, -0.1) is 0 Å². The number of H-pyrrole nitrogens is 1. The fourth-order valence-electron chi connectivity index (χ4n) is 4.62. The Kier molecular flexibility index (Phi) is 5.57. The molecule has 2 aliphatic rings. The maximum atomic E-state index is 13.1. The van der Waals surface area contributed by atoms with Gasteiger partial charge in [0.15, 0.2) is 0 Å².